The summed E-state index contributed by atoms with van der Waals surface area (Å²) in [6, 6.07) is 16.7. The zero-order valence-electron chi connectivity index (χ0n) is 13.8. The number of halogens is 1. The monoisotopic (exact) mass is 388 g/mol. The normalized spacial score (nSPS) is 10.5. The number of ether oxygens (including phenoxy) is 1. The molecule has 1 heterocycles. The Labute approximate surface area is 159 Å². The summed E-state index contributed by atoms with van der Waals surface area (Å²) in [5.41, 5.74) is 0.671. The van der Waals surface area contributed by atoms with Gasteiger partial charge in [-0.3, -0.25) is 10.1 Å². The molecule has 2 aromatic carbocycles. The predicted molar refractivity (Wildman–Crippen MR) is 105 cm³/mol. The first-order valence-electron chi connectivity index (χ1n) is 8.09. The van der Waals surface area contributed by atoms with Crippen molar-refractivity contribution in [2.45, 2.75) is 6.42 Å². The standard InChI is InChI=1S/C19H17ClN2O3S/c20-16-14-9-4-5-10-15(14)26-17(16)18(23)21-11-6-12-25-19(24)22-13-7-2-1-3-8-13/h1-5,7-10H,6,11-12H2,(H,21,23)(H,22,24). The zero-order valence-corrected chi connectivity index (χ0v) is 15.4. The number of hydrogen-bond donors (Lipinski definition) is 2. The molecule has 0 saturated carbocycles. The number of para-hydroxylation sites is 1. The molecule has 0 unspecified atom stereocenters. The quantitative estimate of drug-likeness (QED) is 0.589. The Kier molecular flexibility index (Phi) is 6.09. The molecule has 0 aliphatic heterocycles. The van der Waals surface area contributed by atoms with Crippen molar-refractivity contribution in [1.29, 1.82) is 0 Å². The van der Waals surface area contributed by atoms with Crippen LogP contribution < -0.4 is 10.6 Å². The van der Waals surface area contributed by atoms with E-state index in [4.69, 9.17) is 16.3 Å². The SMILES string of the molecule is O=C(Nc1ccccc1)OCCCNC(=O)c1sc2ccccc2c1Cl. The van der Waals surface area contributed by atoms with Gasteiger partial charge in [0, 0.05) is 22.3 Å². The third-order valence-corrected chi connectivity index (χ3v) is 5.28. The lowest BCUT2D eigenvalue weighted by molar-refractivity contribution is 0.0954. The molecule has 26 heavy (non-hydrogen) atoms. The second-order valence-corrected chi connectivity index (χ2v) is 6.91. The summed E-state index contributed by atoms with van der Waals surface area (Å²) in [4.78, 5) is 24.4. The summed E-state index contributed by atoms with van der Waals surface area (Å²) >= 11 is 7.65. The highest BCUT2D eigenvalue weighted by atomic mass is 35.5. The van der Waals surface area contributed by atoms with E-state index in [1.807, 2.05) is 42.5 Å². The first-order valence-corrected chi connectivity index (χ1v) is 9.28. The summed E-state index contributed by atoms with van der Waals surface area (Å²) in [5.74, 6) is -0.218. The Morgan fingerprint density at radius 1 is 1.04 bits per heavy atom. The molecule has 0 bridgehead atoms. The minimum absolute atomic E-state index is 0.207. The van der Waals surface area contributed by atoms with Crippen LogP contribution in [-0.4, -0.2) is 25.2 Å². The number of benzene rings is 2. The lowest BCUT2D eigenvalue weighted by Gasteiger charge is -2.07. The van der Waals surface area contributed by atoms with E-state index in [2.05, 4.69) is 10.6 Å². The molecule has 7 heteroatoms. The number of carbonyl (C=O) groups is 2. The van der Waals surface area contributed by atoms with E-state index in [0.717, 1.165) is 10.1 Å². The fourth-order valence-corrected chi connectivity index (χ4v) is 3.79. The molecule has 0 fully saturated rings. The van der Waals surface area contributed by atoms with E-state index in [0.29, 0.717) is 28.6 Å². The van der Waals surface area contributed by atoms with Crippen molar-refractivity contribution < 1.29 is 14.3 Å². The van der Waals surface area contributed by atoms with Gasteiger partial charge < -0.3 is 10.1 Å². The molecule has 3 aromatic rings. The van der Waals surface area contributed by atoms with Crippen LogP contribution in [0.3, 0.4) is 0 Å². The van der Waals surface area contributed by atoms with Gasteiger partial charge in [-0.25, -0.2) is 4.79 Å². The number of hydrogen-bond acceptors (Lipinski definition) is 4. The van der Waals surface area contributed by atoms with E-state index in [-0.39, 0.29) is 12.5 Å². The molecule has 0 saturated heterocycles. The Morgan fingerprint density at radius 2 is 1.77 bits per heavy atom. The van der Waals surface area contributed by atoms with Crippen LogP contribution in [0, 0.1) is 0 Å². The minimum atomic E-state index is -0.518. The summed E-state index contributed by atoms with van der Waals surface area (Å²) in [6.45, 7) is 0.598. The molecule has 2 amide bonds. The van der Waals surface area contributed by atoms with Crippen LogP contribution in [-0.2, 0) is 4.74 Å². The Balaban J connectivity index is 1.41. The molecule has 3 rings (SSSR count). The molecule has 0 aliphatic carbocycles. The van der Waals surface area contributed by atoms with Crippen LogP contribution in [0.15, 0.2) is 54.6 Å². The first kappa shape index (κ1) is 18.2. The summed E-state index contributed by atoms with van der Waals surface area (Å²) in [5, 5.41) is 6.78. The van der Waals surface area contributed by atoms with Crippen molar-refractivity contribution in [3.05, 3.63) is 64.5 Å². The predicted octanol–water partition coefficient (Wildman–Crippen LogP) is 4.92. The van der Waals surface area contributed by atoms with Crippen LogP contribution in [0.1, 0.15) is 16.1 Å². The molecule has 0 radical (unpaired) electrons. The third kappa shape index (κ3) is 4.53. The van der Waals surface area contributed by atoms with Gasteiger partial charge in [-0.05, 0) is 24.6 Å². The summed E-state index contributed by atoms with van der Waals surface area (Å²) < 4.78 is 6.06. The van der Waals surface area contributed by atoms with Crippen LogP contribution in [0.25, 0.3) is 10.1 Å². The van der Waals surface area contributed by atoms with Crippen LogP contribution in [0.2, 0.25) is 5.02 Å². The molecule has 134 valence electrons. The van der Waals surface area contributed by atoms with E-state index >= 15 is 0 Å². The zero-order chi connectivity index (χ0) is 18.4. The van der Waals surface area contributed by atoms with Crippen molar-refractivity contribution in [3.63, 3.8) is 0 Å². The average molecular weight is 389 g/mol. The summed E-state index contributed by atoms with van der Waals surface area (Å²) in [7, 11) is 0. The highest BCUT2D eigenvalue weighted by molar-refractivity contribution is 7.21. The van der Waals surface area contributed by atoms with Crippen LogP contribution in [0.4, 0.5) is 10.5 Å². The Bertz CT molecular complexity index is 912. The minimum Gasteiger partial charge on any atom is -0.449 e. The number of anilines is 1. The van der Waals surface area contributed by atoms with Gasteiger partial charge in [0.25, 0.3) is 5.91 Å². The van der Waals surface area contributed by atoms with Gasteiger partial charge in [-0.15, -0.1) is 11.3 Å². The van der Waals surface area contributed by atoms with Crippen molar-refractivity contribution in [3.8, 4) is 0 Å². The smallest absolute Gasteiger partial charge is 0.411 e. The fraction of sp³-hybridized carbons (Fsp3) is 0.158. The van der Waals surface area contributed by atoms with E-state index in [1.54, 1.807) is 12.1 Å². The molecule has 2 N–H and O–H groups in total. The fourth-order valence-electron chi connectivity index (χ4n) is 2.35. The molecular weight excluding hydrogens is 372 g/mol. The number of carbonyl (C=O) groups excluding carboxylic acids is 2. The van der Waals surface area contributed by atoms with Gasteiger partial charge in [0.05, 0.1) is 11.6 Å². The van der Waals surface area contributed by atoms with Gasteiger partial charge in [0.15, 0.2) is 0 Å². The lowest BCUT2D eigenvalue weighted by atomic mass is 10.2. The second kappa shape index (κ2) is 8.69. The molecule has 0 spiro atoms. The Hall–Kier alpha value is -2.57. The number of nitrogens with one attached hydrogen (secondary N) is 2. The second-order valence-electron chi connectivity index (χ2n) is 5.48. The van der Waals surface area contributed by atoms with Gasteiger partial charge in [0.2, 0.25) is 0 Å². The topological polar surface area (TPSA) is 67.4 Å². The molecule has 5 nitrogen and oxygen atoms in total. The maximum atomic E-state index is 12.3. The third-order valence-electron chi connectivity index (χ3n) is 3.60. The molecular formula is C19H17ClN2O3S. The van der Waals surface area contributed by atoms with Crippen molar-refractivity contribution in [2.24, 2.45) is 0 Å². The average Bonchev–Trinajstić information content (AvgIpc) is 2.99. The molecule has 1 aromatic heterocycles. The lowest BCUT2D eigenvalue weighted by Crippen LogP contribution is -2.25. The van der Waals surface area contributed by atoms with Crippen molar-refractivity contribution in [2.75, 3.05) is 18.5 Å². The highest BCUT2D eigenvalue weighted by Crippen LogP contribution is 2.34. The van der Waals surface area contributed by atoms with Gasteiger partial charge >= 0.3 is 6.09 Å². The van der Waals surface area contributed by atoms with E-state index in [9.17, 15) is 9.59 Å². The van der Waals surface area contributed by atoms with Gasteiger partial charge in [0.1, 0.15) is 4.88 Å². The van der Waals surface area contributed by atoms with Crippen molar-refractivity contribution in [1.82, 2.24) is 5.32 Å². The molecule has 0 atom stereocenters. The largest absolute Gasteiger partial charge is 0.449 e. The maximum absolute atomic E-state index is 12.3. The number of thiophene rings is 1. The van der Waals surface area contributed by atoms with E-state index in [1.165, 1.54) is 11.3 Å². The number of fused-ring (bicyclic) bond motifs is 1. The number of amides is 2. The maximum Gasteiger partial charge on any atom is 0.411 e. The van der Waals surface area contributed by atoms with Crippen molar-refractivity contribution >= 4 is 50.7 Å². The summed E-state index contributed by atoms with van der Waals surface area (Å²) in [6.07, 6.45) is -0.00807. The van der Waals surface area contributed by atoms with E-state index < -0.39 is 6.09 Å². The highest BCUT2D eigenvalue weighted by Gasteiger charge is 2.16. The van der Waals surface area contributed by atoms with Gasteiger partial charge in [-0.1, -0.05) is 48.0 Å². The van der Waals surface area contributed by atoms with Crippen LogP contribution in [0.5, 0.6) is 0 Å². The Morgan fingerprint density at radius 3 is 2.54 bits per heavy atom. The van der Waals surface area contributed by atoms with Crippen LogP contribution >= 0.6 is 22.9 Å². The van der Waals surface area contributed by atoms with Gasteiger partial charge in [-0.2, -0.15) is 0 Å². The molecule has 0 aliphatic rings. The first-order chi connectivity index (χ1) is 12.6. The number of rotatable bonds is 6.